The molecule has 1 aromatic heterocycles. The van der Waals surface area contributed by atoms with E-state index in [0.29, 0.717) is 17.7 Å². The monoisotopic (exact) mass is 409 g/mol. The van der Waals surface area contributed by atoms with E-state index >= 15 is 0 Å². The fourth-order valence-electron chi connectivity index (χ4n) is 2.90. The van der Waals surface area contributed by atoms with Crippen molar-refractivity contribution in [1.82, 2.24) is 15.1 Å². The molecule has 0 aliphatic rings. The van der Waals surface area contributed by atoms with Crippen LogP contribution in [0, 0.1) is 6.92 Å². The van der Waals surface area contributed by atoms with Crippen LogP contribution in [-0.2, 0) is 11.3 Å². The average molecular weight is 410 g/mol. The van der Waals surface area contributed by atoms with Crippen molar-refractivity contribution in [3.8, 4) is 11.5 Å². The summed E-state index contributed by atoms with van der Waals surface area (Å²) in [4.78, 5) is 15.1. The highest BCUT2D eigenvalue weighted by Gasteiger charge is 2.31. The number of thioether (sulfide) groups is 1. The molecule has 0 spiro atoms. The third-order valence-electron chi connectivity index (χ3n) is 4.59. The molecule has 0 unspecified atom stereocenters. The van der Waals surface area contributed by atoms with E-state index in [1.165, 1.54) is 17.3 Å². The molecule has 0 aliphatic heterocycles. The largest absolute Gasteiger partial charge is 0.411 e. The third-order valence-corrected chi connectivity index (χ3v) is 5.51. The minimum Gasteiger partial charge on any atom is -0.411 e. The van der Waals surface area contributed by atoms with Gasteiger partial charge in [0.2, 0.25) is 11.8 Å². The Labute approximate surface area is 176 Å². The summed E-state index contributed by atoms with van der Waals surface area (Å²) in [6, 6.07) is 17.9. The van der Waals surface area contributed by atoms with E-state index in [9.17, 15) is 4.79 Å². The predicted octanol–water partition coefficient (Wildman–Crippen LogP) is 5.35. The van der Waals surface area contributed by atoms with Crippen molar-refractivity contribution in [2.45, 2.75) is 57.2 Å². The highest BCUT2D eigenvalue weighted by Crippen LogP contribution is 2.29. The van der Waals surface area contributed by atoms with Crippen molar-refractivity contribution >= 4 is 17.7 Å². The van der Waals surface area contributed by atoms with Gasteiger partial charge in [-0.15, -0.1) is 10.2 Å². The van der Waals surface area contributed by atoms with Crippen molar-refractivity contribution in [2.24, 2.45) is 0 Å². The molecule has 152 valence electrons. The molecule has 1 heterocycles. The van der Waals surface area contributed by atoms with Crippen LogP contribution in [-0.4, -0.2) is 31.8 Å². The van der Waals surface area contributed by atoms with Crippen LogP contribution in [0.25, 0.3) is 11.5 Å². The van der Waals surface area contributed by atoms with Crippen molar-refractivity contribution in [3.05, 3.63) is 65.7 Å². The Balaban J connectivity index is 1.72. The van der Waals surface area contributed by atoms with Crippen molar-refractivity contribution in [1.29, 1.82) is 0 Å². The molecule has 0 N–H and O–H groups in total. The zero-order valence-corrected chi connectivity index (χ0v) is 18.4. The van der Waals surface area contributed by atoms with E-state index in [-0.39, 0.29) is 16.7 Å². The van der Waals surface area contributed by atoms with E-state index in [2.05, 4.69) is 10.2 Å². The number of benzene rings is 2. The van der Waals surface area contributed by atoms with Gasteiger partial charge < -0.3 is 9.32 Å². The normalized spacial score (nSPS) is 12.6. The summed E-state index contributed by atoms with van der Waals surface area (Å²) in [5.74, 6) is 0.505. The summed E-state index contributed by atoms with van der Waals surface area (Å²) < 4.78 is 5.78. The molecular weight excluding hydrogens is 382 g/mol. The van der Waals surface area contributed by atoms with Gasteiger partial charge in [0.15, 0.2) is 0 Å². The average Bonchev–Trinajstić information content (AvgIpc) is 3.14. The lowest BCUT2D eigenvalue weighted by molar-refractivity contribution is -0.135. The minimum absolute atomic E-state index is 0.0430. The lowest BCUT2D eigenvalue weighted by Crippen LogP contribution is -2.48. The summed E-state index contributed by atoms with van der Waals surface area (Å²) >= 11 is 1.29. The number of hydrogen-bond donors (Lipinski definition) is 0. The van der Waals surface area contributed by atoms with Gasteiger partial charge in [0.1, 0.15) is 0 Å². The Morgan fingerprint density at radius 1 is 1.07 bits per heavy atom. The molecule has 1 atom stereocenters. The summed E-state index contributed by atoms with van der Waals surface area (Å²) in [6.45, 7) is 10.6. The smallest absolute Gasteiger partial charge is 0.277 e. The standard InChI is InChI=1S/C23H27N3O2S/c1-16-11-13-19(14-12-16)20-24-25-22(28-20)29-17(2)21(27)26(23(3,4)5)15-18-9-7-6-8-10-18/h6-14,17H,15H2,1-5H3/t17-/m1/s1. The molecule has 0 fully saturated rings. The van der Waals surface area contributed by atoms with Crippen LogP contribution >= 0.6 is 11.8 Å². The van der Waals surface area contributed by atoms with Crippen molar-refractivity contribution in [2.75, 3.05) is 0 Å². The van der Waals surface area contributed by atoms with Crippen LogP contribution < -0.4 is 0 Å². The maximum atomic E-state index is 13.2. The first-order valence-electron chi connectivity index (χ1n) is 9.66. The maximum Gasteiger partial charge on any atom is 0.277 e. The highest BCUT2D eigenvalue weighted by atomic mass is 32.2. The molecule has 0 radical (unpaired) electrons. The molecule has 1 amide bonds. The van der Waals surface area contributed by atoms with Gasteiger partial charge in [-0.05, 0) is 52.3 Å². The lowest BCUT2D eigenvalue weighted by Gasteiger charge is -2.37. The Kier molecular flexibility index (Phi) is 6.42. The Morgan fingerprint density at radius 3 is 2.34 bits per heavy atom. The van der Waals surface area contributed by atoms with E-state index in [4.69, 9.17) is 4.42 Å². The van der Waals surface area contributed by atoms with Gasteiger partial charge in [-0.25, -0.2) is 0 Å². The number of rotatable bonds is 6. The molecule has 2 aromatic carbocycles. The van der Waals surface area contributed by atoms with Crippen LogP contribution in [0.5, 0.6) is 0 Å². The maximum absolute atomic E-state index is 13.2. The van der Waals surface area contributed by atoms with Crippen LogP contribution in [0.3, 0.4) is 0 Å². The molecule has 29 heavy (non-hydrogen) atoms. The van der Waals surface area contributed by atoms with Crippen molar-refractivity contribution in [3.63, 3.8) is 0 Å². The predicted molar refractivity (Wildman–Crippen MR) is 117 cm³/mol. The van der Waals surface area contributed by atoms with E-state index in [1.54, 1.807) is 0 Å². The second kappa shape index (κ2) is 8.82. The fourth-order valence-corrected chi connectivity index (χ4v) is 3.65. The first kappa shape index (κ1) is 21.1. The molecule has 6 heteroatoms. The Hall–Kier alpha value is -2.60. The SMILES string of the molecule is Cc1ccc(-c2nnc(S[C@H](C)C(=O)N(Cc3ccccc3)C(C)(C)C)o2)cc1. The topological polar surface area (TPSA) is 59.2 Å². The first-order valence-corrected chi connectivity index (χ1v) is 10.5. The molecule has 0 bridgehead atoms. The second-order valence-electron chi connectivity index (χ2n) is 8.08. The van der Waals surface area contributed by atoms with E-state index in [1.807, 2.05) is 94.1 Å². The molecule has 0 saturated heterocycles. The fraction of sp³-hybridized carbons (Fsp3) is 0.348. The number of aromatic nitrogens is 2. The molecule has 3 aromatic rings. The second-order valence-corrected chi connectivity index (χ2v) is 9.37. The van der Waals surface area contributed by atoms with Crippen molar-refractivity contribution < 1.29 is 9.21 Å². The zero-order valence-electron chi connectivity index (χ0n) is 17.5. The number of nitrogens with zero attached hydrogens (tertiary/aromatic N) is 3. The number of carbonyl (C=O) groups is 1. The van der Waals surface area contributed by atoms with Gasteiger partial charge in [0.25, 0.3) is 5.22 Å². The molecule has 5 nitrogen and oxygen atoms in total. The Bertz CT molecular complexity index is 946. The summed E-state index contributed by atoms with van der Waals surface area (Å²) in [7, 11) is 0. The quantitative estimate of drug-likeness (QED) is 0.514. The van der Waals surface area contributed by atoms with Gasteiger partial charge in [0, 0.05) is 17.6 Å². The van der Waals surface area contributed by atoms with Crippen LogP contribution in [0.4, 0.5) is 0 Å². The number of amides is 1. The van der Waals surface area contributed by atoms with Gasteiger partial charge >= 0.3 is 0 Å². The first-order chi connectivity index (χ1) is 13.7. The Morgan fingerprint density at radius 2 is 1.72 bits per heavy atom. The van der Waals surface area contributed by atoms with Gasteiger partial charge in [-0.3, -0.25) is 4.79 Å². The lowest BCUT2D eigenvalue weighted by atomic mass is 10.0. The molecule has 0 saturated carbocycles. The molecule has 0 aliphatic carbocycles. The highest BCUT2D eigenvalue weighted by molar-refractivity contribution is 8.00. The van der Waals surface area contributed by atoms with Gasteiger partial charge in [-0.2, -0.15) is 0 Å². The molecule has 3 rings (SSSR count). The third kappa shape index (κ3) is 5.48. The summed E-state index contributed by atoms with van der Waals surface area (Å²) in [5.41, 5.74) is 2.84. The number of aryl methyl sites for hydroxylation is 1. The number of hydrogen-bond acceptors (Lipinski definition) is 5. The van der Waals surface area contributed by atoms with Crippen LogP contribution in [0.2, 0.25) is 0 Å². The summed E-state index contributed by atoms with van der Waals surface area (Å²) in [5, 5.41) is 8.30. The van der Waals surface area contributed by atoms with Crippen LogP contribution in [0.1, 0.15) is 38.8 Å². The number of carbonyl (C=O) groups excluding carboxylic acids is 1. The van der Waals surface area contributed by atoms with Gasteiger partial charge in [-0.1, -0.05) is 59.8 Å². The van der Waals surface area contributed by atoms with E-state index < -0.39 is 0 Å². The molecular formula is C23H27N3O2S. The zero-order chi connectivity index (χ0) is 21.0. The minimum atomic E-state index is -0.343. The van der Waals surface area contributed by atoms with E-state index in [0.717, 1.165) is 11.1 Å². The van der Waals surface area contributed by atoms with Crippen LogP contribution in [0.15, 0.2) is 64.2 Å². The summed E-state index contributed by atoms with van der Waals surface area (Å²) in [6.07, 6.45) is 0. The van der Waals surface area contributed by atoms with Gasteiger partial charge in [0.05, 0.1) is 5.25 Å².